The molecular weight excluding hydrogens is 320 g/mol. The summed E-state index contributed by atoms with van der Waals surface area (Å²) in [6, 6.07) is 7.66. The minimum atomic E-state index is -0.210. The molecule has 0 radical (unpaired) electrons. The van der Waals surface area contributed by atoms with Gasteiger partial charge in [-0.15, -0.1) is 0 Å². The SMILES string of the molecule is O=C(Nc1cccc2cnccc12)N[C@@H]1COC[C@H]1N1CCOCC1. The van der Waals surface area contributed by atoms with Crippen molar-refractivity contribution in [3.63, 3.8) is 0 Å². The quantitative estimate of drug-likeness (QED) is 0.883. The molecule has 7 heteroatoms. The number of ether oxygens (including phenoxy) is 2. The van der Waals surface area contributed by atoms with Crippen LogP contribution < -0.4 is 10.6 Å². The summed E-state index contributed by atoms with van der Waals surface area (Å²) >= 11 is 0. The molecule has 2 aromatic rings. The molecule has 2 atom stereocenters. The lowest BCUT2D eigenvalue weighted by molar-refractivity contribution is 0.0113. The highest BCUT2D eigenvalue weighted by Gasteiger charge is 2.34. The first kappa shape index (κ1) is 16.3. The lowest BCUT2D eigenvalue weighted by Crippen LogP contribution is -2.54. The van der Waals surface area contributed by atoms with Gasteiger partial charge < -0.3 is 20.1 Å². The fourth-order valence-electron chi connectivity index (χ4n) is 3.51. The van der Waals surface area contributed by atoms with E-state index in [0.717, 1.165) is 42.8 Å². The van der Waals surface area contributed by atoms with E-state index in [1.54, 1.807) is 12.4 Å². The highest BCUT2D eigenvalue weighted by Crippen LogP contribution is 2.22. The van der Waals surface area contributed by atoms with Crippen molar-refractivity contribution in [2.75, 3.05) is 44.8 Å². The van der Waals surface area contributed by atoms with Gasteiger partial charge in [0.1, 0.15) is 0 Å². The second kappa shape index (κ2) is 7.35. The van der Waals surface area contributed by atoms with Gasteiger partial charge in [-0.05, 0) is 12.1 Å². The number of rotatable bonds is 3. The zero-order chi connectivity index (χ0) is 17.1. The molecule has 2 aliphatic heterocycles. The molecule has 3 heterocycles. The van der Waals surface area contributed by atoms with E-state index in [0.29, 0.717) is 13.2 Å². The van der Waals surface area contributed by atoms with E-state index in [2.05, 4.69) is 20.5 Å². The van der Waals surface area contributed by atoms with Gasteiger partial charge in [0.2, 0.25) is 0 Å². The van der Waals surface area contributed by atoms with Crippen LogP contribution in [0, 0.1) is 0 Å². The van der Waals surface area contributed by atoms with Crippen LogP contribution in [-0.4, -0.2) is 67.5 Å². The number of nitrogens with zero attached hydrogens (tertiary/aromatic N) is 2. The molecule has 1 aromatic carbocycles. The number of hydrogen-bond donors (Lipinski definition) is 2. The van der Waals surface area contributed by atoms with Crippen molar-refractivity contribution in [2.45, 2.75) is 12.1 Å². The molecule has 7 nitrogen and oxygen atoms in total. The van der Waals surface area contributed by atoms with Crippen molar-refractivity contribution in [3.8, 4) is 0 Å². The number of morpholine rings is 1. The maximum atomic E-state index is 12.5. The van der Waals surface area contributed by atoms with Crippen LogP contribution >= 0.6 is 0 Å². The Balaban J connectivity index is 1.42. The average Bonchev–Trinajstić information content (AvgIpc) is 3.11. The number of benzene rings is 1. The first-order chi connectivity index (χ1) is 12.3. The molecule has 4 rings (SSSR count). The summed E-state index contributed by atoms with van der Waals surface area (Å²) < 4.78 is 11.0. The Morgan fingerprint density at radius 2 is 2.04 bits per heavy atom. The number of urea groups is 1. The first-order valence-electron chi connectivity index (χ1n) is 8.61. The Kier molecular flexibility index (Phi) is 4.78. The van der Waals surface area contributed by atoms with Crippen molar-refractivity contribution in [3.05, 3.63) is 36.7 Å². The van der Waals surface area contributed by atoms with Gasteiger partial charge in [-0.3, -0.25) is 9.88 Å². The zero-order valence-electron chi connectivity index (χ0n) is 14.0. The summed E-state index contributed by atoms with van der Waals surface area (Å²) in [6.07, 6.45) is 3.52. The molecule has 2 saturated heterocycles. The van der Waals surface area contributed by atoms with Gasteiger partial charge in [-0.25, -0.2) is 4.79 Å². The van der Waals surface area contributed by atoms with Gasteiger partial charge in [0.25, 0.3) is 0 Å². The number of amides is 2. The summed E-state index contributed by atoms with van der Waals surface area (Å²) in [5.74, 6) is 0. The van der Waals surface area contributed by atoms with Crippen LogP contribution in [0.25, 0.3) is 10.8 Å². The van der Waals surface area contributed by atoms with Gasteiger partial charge in [-0.2, -0.15) is 0 Å². The largest absolute Gasteiger partial charge is 0.379 e. The summed E-state index contributed by atoms with van der Waals surface area (Å²) in [6.45, 7) is 4.41. The third-order valence-electron chi connectivity index (χ3n) is 4.81. The van der Waals surface area contributed by atoms with Crippen molar-refractivity contribution in [2.24, 2.45) is 0 Å². The highest BCUT2D eigenvalue weighted by molar-refractivity contribution is 6.01. The second-order valence-electron chi connectivity index (χ2n) is 6.36. The number of nitrogens with one attached hydrogen (secondary N) is 2. The zero-order valence-corrected chi connectivity index (χ0v) is 14.0. The molecular formula is C18H22N4O3. The van der Waals surface area contributed by atoms with Crippen molar-refractivity contribution >= 4 is 22.5 Å². The van der Waals surface area contributed by atoms with E-state index < -0.39 is 0 Å². The summed E-state index contributed by atoms with van der Waals surface area (Å²) in [5, 5.41) is 7.99. The number of hydrogen-bond acceptors (Lipinski definition) is 5. The lowest BCUT2D eigenvalue weighted by atomic mass is 10.1. The van der Waals surface area contributed by atoms with Crippen LogP contribution in [0.1, 0.15) is 0 Å². The van der Waals surface area contributed by atoms with Crippen LogP contribution in [0.3, 0.4) is 0 Å². The molecule has 2 amide bonds. The summed E-state index contributed by atoms with van der Waals surface area (Å²) in [5.41, 5.74) is 0.777. The number of carbonyl (C=O) groups excluding carboxylic acids is 1. The molecule has 1 aromatic heterocycles. The number of fused-ring (bicyclic) bond motifs is 1. The molecule has 2 fully saturated rings. The molecule has 0 spiro atoms. The third-order valence-corrected chi connectivity index (χ3v) is 4.81. The van der Waals surface area contributed by atoms with E-state index >= 15 is 0 Å². The normalized spacial score (nSPS) is 24.3. The smallest absolute Gasteiger partial charge is 0.319 e. The summed E-state index contributed by atoms with van der Waals surface area (Å²) in [4.78, 5) is 19.0. The first-order valence-corrected chi connectivity index (χ1v) is 8.61. The van der Waals surface area contributed by atoms with Crippen LogP contribution in [0.2, 0.25) is 0 Å². The Labute approximate surface area is 146 Å². The third kappa shape index (κ3) is 3.58. The standard InChI is InChI=1S/C18H22N4O3/c23-18(20-15-3-1-2-13-10-19-5-4-14(13)15)21-16-11-25-12-17(16)22-6-8-24-9-7-22/h1-5,10,16-17H,6-9,11-12H2,(H2,20,21,23)/t16-,17-/m1/s1. The van der Waals surface area contributed by atoms with Crippen LogP contribution in [-0.2, 0) is 9.47 Å². The van der Waals surface area contributed by atoms with Gasteiger partial charge >= 0.3 is 6.03 Å². The van der Waals surface area contributed by atoms with Crippen LogP contribution in [0.5, 0.6) is 0 Å². The second-order valence-corrected chi connectivity index (χ2v) is 6.36. The fourth-order valence-corrected chi connectivity index (χ4v) is 3.51. The van der Waals surface area contributed by atoms with Crippen molar-refractivity contribution < 1.29 is 14.3 Å². The lowest BCUT2D eigenvalue weighted by Gasteiger charge is -2.34. The molecule has 0 bridgehead atoms. The van der Waals surface area contributed by atoms with Crippen molar-refractivity contribution in [1.82, 2.24) is 15.2 Å². The highest BCUT2D eigenvalue weighted by atomic mass is 16.5. The molecule has 2 aliphatic rings. The maximum Gasteiger partial charge on any atom is 0.319 e. The van der Waals surface area contributed by atoms with Gasteiger partial charge in [-0.1, -0.05) is 12.1 Å². The van der Waals surface area contributed by atoms with Gasteiger partial charge in [0.15, 0.2) is 0 Å². The van der Waals surface area contributed by atoms with E-state index in [1.807, 2.05) is 24.3 Å². The van der Waals surface area contributed by atoms with Crippen LogP contribution in [0.15, 0.2) is 36.7 Å². The van der Waals surface area contributed by atoms with E-state index in [4.69, 9.17) is 9.47 Å². The predicted octanol–water partition coefficient (Wildman–Crippen LogP) is 1.46. The molecule has 0 saturated carbocycles. The fraction of sp³-hybridized carbons (Fsp3) is 0.444. The van der Waals surface area contributed by atoms with E-state index in [1.165, 1.54) is 0 Å². The maximum absolute atomic E-state index is 12.5. The van der Waals surface area contributed by atoms with Crippen LogP contribution in [0.4, 0.5) is 10.5 Å². The molecule has 25 heavy (non-hydrogen) atoms. The minimum Gasteiger partial charge on any atom is -0.379 e. The minimum absolute atomic E-state index is 0.0188. The number of carbonyl (C=O) groups is 1. The Morgan fingerprint density at radius 1 is 1.16 bits per heavy atom. The molecule has 132 valence electrons. The topological polar surface area (TPSA) is 75.7 Å². The number of pyridine rings is 1. The molecule has 2 N–H and O–H groups in total. The Hall–Kier alpha value is -2.22. The van der Waals surface area contributed by atoms with Gasteiger partial charge in [0, 0.05) is 36.3 Å². The molecule has 0 unspecified atom stereocenters. The van der Waals surface area contributed by atoms with E-state index in [-0.39, 0.29) is 18.1 Å². The monoisotopic (exact) mass is 342 g/mol. The number of aromatic nitrogens is 1. The van der Waals surface area contributed by atoms with Gasteiger partial charge in [0.05, 0.1) is 44.2 Å². The summed E-state index contributed by atoms with van der Waals surface area (Å²) in [7, 11) is 0. The Bertz CT molecular complexity index is 743. The average molecular weight is 342 g/mol. The van der Waals surface area contributed by atoms with Crippen molar-refractivity contribution in [1.29, 1.82) is 0 Å². The molecule has 0 aliphatic carbocycles. The van der Waals surface area contributed by atoms with E-state index in [9.17, 15) is 4.79 Å². The Morgan fingerprint density at radius 3 is 2.92 bits per heavy atom. The number of anilines is 1. The predicted molar refractivity (Wildman–Crippen MR) is 94.7 cm³/mol.